The van der Waals surface area contributed by atoms with Crippen molar-refractivity contribution in [1.82, 2.24) is 4.90 Å². The van der Waals surface area contributed by atoms with E-state index in [-0.39, 0.29) is 26.0 Å². The molecule has 0 aromatic carbocycles. The highest BCUT2D eigenvalue weighted by Crippen LogP contribution is 2.23. The lowest BCUT2D eigenvalue weighted by Crippen LogP contribution is -2.53. The molecule has 0 radical (unpaired) electrons. The fraction of sp³-hybridized carbons (Fsp3) is 0.545. The number of aliphatic carboxylic acids is 1. The lowest BCUT2D eigenvalue weighted by Gasteiger charge is -2.35. The maximum absolute atomic E-state index is 11.6. The average molecular weight is 256 g/mol. The Bertz CT molecular complexity index is 368. The first kappa shape index (κ1) is 14.0. The number of rotatable bonds is 4. The molecular formula is C11H16N2O5. The van der Waals surface area contributed by atoms with Crippen molar-refractivity contribution in [3.63, 3.8) is 0 Å². The maximum atomic E-state index is 11.6. The summed E-state index contributed by atoms with van der Waals surface area (Å²) in [6.45, 7) is 3.57. The van der Waals surface area contributed by atoms with Gasteiger partial charge in [0.25, 0.3) is 0 Å². The van der Waals surface area contributed by atoms with Crippen molar-refractivity contribution in [2.75, 3.05) is 13.2 Å². The first-order valence-electron chi connectivity index (χ1n) is 5.53. The first-order chi connectivity index (χ1) is 8.47. The van der Waals surface area contributed by atoms with Gasteiger partial charge in [0.2, 0.25) is 5.91 Å². The Kier molecular flexibility index (Phi) is 4.70. The molecular weight excluding hydrogens is 240 g/mol. The molecule has 7 heteroatoms. The van der Waals surface area contributed by atoms with E-state index in [1.807, 2.05) is 0 Å². The minimum Gasteiger partial charge on any atom is -0.481 e. The number of hydrogen-bond donors (Lipinski definition) is 2. The van der Waals surface area contributed by atoms with Crippen molar-refractivity contribution in [1.29, 1.82) is 0 Å². The number of nitrogens with two attached hydrogens (primary N) is 1. The summed E-state index contributed by atoms with van der Waals surface area (Å²) in [6.07, 6.45) is 1.03. The van der Waals surface area contributed by atoms with Gasteiger partial charge < -0.3 is 15.6 Å². The topological polar surface area (TPSA) is 110 Å². The number of carboxylic acid groups (broad SMARTS) is 1. The Labute approximate surface area is 104 Å². The minimum atomic E-state index is -0.986. The van der Waals surface area contributed by atoms with E-state index in [0.717, 1.165) is 0 Å². The molecule has 1 saturated heterocycles. The van der Waals surface area contributed by atoms with Gasteiger partial charge >= 0.3 is 12.1 Å². The van der Waals surface area contributed by atoms with Crippen LogP contribution in [0.15, 0.2) is 12.7 Å². The molecule has 1 aliphatic rings. The second-order valence-corrected chi connectivity index (χ2v) is 4.04. The van der Waals surface area contributed by atoms with E-state index in [2.05, 4.69) is 6.58 Å². The number of piperidine rings is 1. The van der Waals surface area contributed by atoms with Gasteiger partial charge in [-0.2, -0.15) is 0 Å². The van der Waals surface area contributed by atoms with E-state index in [0.29, 0.717) is 0 Å². The molecule has 1 fully saturated rings. The van der Waals surface area contributed by atoms with Crippen LogP contribution in [-0.4, -0.2) is 47.2 Å². The van der Waals surface area contributed by atoms with E-state index in [9.17, 15) is 14.4 Å². The Morgan fingerprint density at radius 3 is 2.67 bits per heavy atom. The molecule has 0 saturated carbocycles. The van der Waals surface area contributed by atoms with Crippen LogP contribution in [0.3, 0.4) is 0 Å². The van der Waals surface area contributed by atoms with Gasteiger partial charge in [0, 0.05) is 6.54 Å². The smallest absolute Gasteiger partial charge is 0.410 e. The molecule has 0 unspecified atom stereocenters. The molecule has 2 atom stereocenters. The average Bonchev–Trinajstić information content (AvgIpc) is 2.34. The molecule has 0 aliphatic carbocycles. The summed E-state index contributed by atoms with van der Waals surface area (Å²) >= 11 is 0. The summed E-state index contributed by atoms with van der Waals surface area (Å²) in [5.41, 5.74) is 5.18. The Balaban J connectivity index is 2.73. The summed E-state index contributed by atoms with van der Waals surface area (Å²) in [5.74, 6) is -2.37. The quantitative estimate of drug-likeness (QED) is 0.686. The number of primary amides is 1. The van der Waals surface area contributed by atoms with Crippen LogP contribution in [0.5, 0.6) is 0 Å². The Hall–Kier alpha value is -2.05. The number of carbonyl (C=O) groups excluding carboxylic acids is 2. The molecule has 0 bridgehead atoms. The SMILES string of the molecule is C=CCOC(=O)N1CC[C@@H](C(=O)O)C[C@H]1C(N)=O. The molecule has 100 valence electrons. The van der Waals surface area contributed by atoms with Crippen LogP contribution in [-0.2, 0) is 14.3 Å². The highest BCUT2D eigenvalue weighted by Gasteiger charge is 2.38. The summed E-state index contributed by atoms with van der Waals surface area (Å²) < 4.78 is 4.82. The van der Waals surface area contributed by atoms with Gasteiger partial charge in [0.1, 0.15) is 12.6 Å². The lowest BCUT2D eigenvalue weighted by atomic mass is 9.91. The zero-order valence-electron chi connectivity index (χ0n) is 9.87. The second-order valence-electron chi connectivity index (χ2n) is 4.04. The van der Waals surface area contributed by atoms with Crippen LogP contribution >= 0.6 is 0 Å². The first-order valence-corrected chi connectivity index (χ1v) is 5.53. The highest BCUT2D eigenvalue weighted by atomic mass is 16.6. The molecule has 7 nitrogen and oxygen atoms in total. The van der Waals surface area contributed by atoms with Gasteiger partial charge in [-0.25, -0.2) is 4.79 Å². The maximum Gasteiger partial charge on any atom is 0.410 e. The van der Waals surface area contributed by atoms with Crippen LogP contribution in [0.1, 0.15) is 12.8 Å². The monoisotopic (exact) mass is 256 g/mol. The fourth-order valence-electron chi connectivity index (χ4n) is 1.89. The standard InChI is InChI=1S/C11H16N2O5/c1-2-5-18-11(17)13-4-3-7(10(15)16)6-8(13)9(12)14/h2,7-8H,1,3-6H2,(H2,12,14)(H,15,16)/t7-,8+/m1/s1. The number of hydrogen-bond acceptors (Lipinski definition) is 4. The summed E-state index contributed by atoms with van der Waals surface area (Å²) in [7, 11) is 0. The van der Waals surface area contributed by atoms with Crippen molar-refractivity contribution in [3.8, 4) is 0 Å². The molecule has 0 spiro atoms. The molecule has 1 rings (SSSR count). The van der Waals surface area contributed by atoms with Gasteiger partial charge in [0.15, 0.2) is 0 Å². The van der Waals surface area contributed by atoms with Crippen molar-refractivity contribution >= 4 is 18.0 Å². The normalized spacial score (nSPS) is 23.2. The van der Waals surface area contributed by atoms with Gasteiger partial charge in [-0.05, 0) is 12.8 Å². The number of amides is 2. The molecule has 1 aliphatic heterocycles. The van der Waals surface area contributed by atoms with Crippen LogP contribution in [0, 0.1) is 5.92 Å². The van der Waals surface area contributed by atoms with Gasteiger partial charge in [-0.15, -0.1) is 0 Å². The van der Waals surface area contributed by atoms with Crippen LogP contribution in [0.2, 0.25) is 0 Å². The van der Waals surface area contributed by atoms with Gasteiger partial charge in [-0.1, -0.05) is 12.7 Å². The molecule has 0 aromatic rings. The minimum absolute atomic E-state index is 0.0217. The van der Waals surface area contributed by atoms with Crippen molar-refractivity contribution in [2.24, 2.45) is 11.7 Å². The number of carboxylic acids is 1. The third-order valence-corrected chi connectivity index (χ3v) is 2.84. The second kappa shape index (κ2) is 6.04. The molecule has 3 N–H and O–H groups in total. The molecule has 2 amide bonds. The van der Waals surface area contributed by atoms with Crippen molar-refractivity contribution in [3.05, 3.63) is 12.7 Å². The van der Waals surface area contributed by atoms with E-state index in [1.165, 1.54) is 11.0 Å². The van der Waals surface area contributed by atoms with E-state index < -0.39 is 29.9 Å². The van der Waals surface area contributed by atoms with Gasteiger partial charge in [0.05, 0.1) is 5.92 Å². The molecule has 18 heavy (non-hydrogen) atoms. The predicted molar refractivity (Wildman–Crippen MR) is 61.6 cm³/mol. The van der Waals surface area contributed by atoms with Crippen LogP contribution in [0.4, 0.5) is 4.79 Å². The van der Waals surface area contributed by atoms with Crippen molar-refractivity contribution < 1.29 is 24.2 Å². The zero-order chi connectivity index (χ0) is 13.7. The van der Waals surface area contributed by atoms with E-state index >= 15 is 0 Å². The third kappa shape index (κ3) is 3.22. The predicted octanol–water partition coefficient (Wildman–Crippen LogP) is -0.0405. The number of carbonyl (C=O) groups is 3. The molecule has 1 heterocycles. The van der Waals surface area contributed by atoms with Gasteiger partial charge in [-0.3, -0.25) is 14.5 Å². The fourth-order valence-corrected chi connectivity index (χ4v) is 1.89. The van der Waals surface area contributed by atoms with Crippen LogP contribution < -0.4 is 5.73 Å². The van der Waals surface area contributed by atoms with Crippen molar-refractivity contribution in [2.45, 2.75) is 18.9 Å². The summed E-state index contributed by atoms with van der Waals surface area (Å²) in [5, 5.41) is 8.90. The van der Waals surface area contributed by atoms with E-state index in [1.54, 1.807) is 0 Å². The highest BCUT2D eigenvalue weighted by molar-refractivity contribution is 5.85. The largest absolute Gasteiger partial charge is 0.481 e. The summed E-state index contributed by atoms with van der Waals surface area (Å²) in [6, 6.07) is -0.933. The summed E-state index contributed by atoms with van der Waals surface area (Å²) in [4.78, 5) is 35.0. The Morgan fingerprint density at radius 2 is 2.17 bits per heavy atom. The third-order valence-electron chi connectivity index (χ3n) is 2.84. The number of ether oxygens (including phenoxy) is 1. The number of likely N-dealkylation sites (tertiary alicyclic amines) is 1. The molecule has 0 aromatic heterocycles. The lowest BCUT2D eigenvalue weighted by molar-refractivity contribution is -0.144. The van der Waals surface area contributed by atoms with E-state index in [4.69, 9.17) is 15.6 Å². The Morgan fingerprint density at radius 1 is 1.50 bits per heavy atom. The number of nitrogens with zero attached hydrogens (tertiary/aromatic N) is 1. The zero-order valence-corrected chi connectivity index (χ0v) is 9.87. The van der Waals surface area contributed by atoms with Crippen LogP contribution in [0.25, 0.3) is 0 Å².